The van der Waals surface area contributed by atoms with Crippen molar-refractivity contribution in [3.63, 3.8) is 0 Å². The Morgan fingerprint density at radius 3 is 1.13 bits per heavy atom. The van der Waals surface area contributed by atoms with Crippen molar-refractivity contribution in [2.75, 3.05) is 9.80 Å². The fraction of sp³-hybridized carbons (Fsp3) is 0.172. The highest BCUT2D eigenvalue weighted by molar-refractivity contribution is 7.00. The van der Waals surface area contributed by atoms with Crippen LogP contribution in [0.5, 0.6) is 0 Å². The highest BCUT2D eigenvalue weighted by Crippen LogP contribution is 2.55. The maximum absolute atomic E-state index is 10.3. The number of hydrogen-bond donors (Lipinski definition) is 0. The molecule has 0 saturated carbocycles. The molecule has 0 radical (unpaired) electrons. The summed E-state index contributed by atoms with van der Waals surface area (Å²) in [6, 6.07) is 120. The number of hydrogen-bond acceptors (Lipinski definition) is 2. The molecule has 0 fully saturated rings. The summed E-state index contributed by atoms with van der Waals surface area (Å²) in [6.45, 7) is 34.4. The number of rotatable bonds is 10. The second-order valence-corrected chi connectivity index (χ2v) is 39.1. The molecule has 594 valence electrons. The Morgan fingerprint density at radius 1 is 0.230 bits per heavy atom. The third kappa shape index (κ3) is 12.6. The van der Waals surface area contributed by atoms with Crippen molar-refractivity contribution >= 4 is 123 Å². The van der Waals surface area contributed by atoms with Crippen LogP contribution < -0.4 is 26.2 Å². The number of anilines is 6. The standard InChI is InChI=1S/C116H102BN5/c1-112(2,3)81-49-55-103-95(65-81)96-66-82(113(4,5)6)50-56-104(96)120(103)89-71-108-110-109(72-89)122(111-93(75-38-24-18-25-39-75)67-85(116(13,14)15)68-94(111)76-40-26-19-27-41-76)107-70-87(119-102-47-33-30-44-92(102)97-69-86(52-57-105(97)119)118-100-45-31-28-42-90(100)91-43-29-32-46-101(91)118)51-54-99(107)117(110)98-53-48-77(80-59-83(114(7,8)9)64-84(60-80)115(10,11)12)63-106(98)121(108)88-61-78(73-34-20-16-21-35-73)58-79(62-88)74-36-22-17-23-37-74/h16-72H,1-15H3/i30D,33D,44D,47D. The third-order valence-electron chi connectivity index (χ3n) is 26.0. The van der Waals surface area contributed by atoms with E-state index < -0.39 is 6.71 Å². The van der Waals surface area contributed by atoms with Gasteiger partial charge in [-0.3, -0.25) is 0 Å². The zero-order valence-corrected chi connectivity index (χ0v) is 72.4. The fourth-order valence-corrected chi connectivity index (χ4v) is 19.5. The molecule has 0 saturated heterocycles. The lowest BCUT2D eigenvalue weighted by molar-refractivity contribution is 0.569. The summed E-state index contributed by atoms with van der Waals surface area (Å²) in [5.74, 6) is 0. The van der Waals surface area contributed by atoms with Gasteiger partial charge in [-0.2, -0.15) is 0 Å². The Morgan fingerprint density at radius 2 is 0.615 bits per heavy atom. The van der Waals surface area contributed by atoms with Crippen LogP contribution in [0.3, 0.4) is 0 Å². The second kappa shape index (κ2) is 28.1. The van der Waals surface area contributed by atoms with Gasteiger partial charge >= 0.3 is 0 Å². The number of benzene rings is 16. The SMILES string of the molecule is [2H]c1c([2H])c([2H])c2c(c1[2H])c1cc(-n3c4ccccc4c4ccccc43)ccc1n2-c1ccc2c(c1)N(c1c(-c3ccccc3)cc(C(C)(C)C)cc1-c1ccccc1)c1cc(-n3c4ccc(C(C)(C)C)cc4c4cc(C(C)(C)C)ccc43)cc3c1B2c1ccc(-c2cc(C(C)(C)C)cc(C(C)(C)C)c2)cc1N3c1cc(-c2ccccc2)cc(-c2ccccc2)c1. The van der Waals surface area contributed by atoms with Crippen molar-refractivity contribution < 1.29 is 5.48 Å². The molecule has 0 unspecified atom stereocenters. The smallest absolute Gasteiger partial charge is 0.252 e. The van der Waals surface area contributed by atoms with Gasteiger partial charge in [0.2, 0.25) is 0 Å². The molecule has 0 N–H and O–H groups in total. The van der Waals surface area contributed by atoms with Crippen LogP contribution in [0.15, 0.2) is 346 Å². The molecule has 0 amide bonds. The van der Waals surface area contributed by atoms with Crippen LogP contribution in [-0.2, 0) is 27.1 Å². The van der Waals surface area contributed by atoms with Crippen LogP contribution >= 0.6 is 0 Å². The van der Waals surface area contributed by atoms with E-state index in [1.165, 1.54) is 38.6 Å². The van der Waals surface area contributed by atoms with Gasteiger partial charge in [0.05, 0.1) is 50.0 Å². The molecule has 16 aromatic carbocycles. The highest BCUT2D eigenvalue weighted by Gasteiger charge is 2.46. The topological polar surface area (TPSA) is 21.3 Å². The van der Waals surface area contributed by atoms with Gasteiger partial charge < -0.3 is 23.5 Å². The zero-order valence-electron chi connectivity index (χ0n) is 76.4. The Kier molecular flexibility index (Phi) is 16.5. The quantitative estimate of drug-likeness (QED) is 0.127. The maximum atomic E-state index is 10.3. The van der Waals surface area contributed by atoms with Crippen molar-refractivity contribution in [3.05, 3.63) is 374 Å². The van der Waals surface area contributed by atoms with E-state index in [-0.39, 0.29) is 51.2 Å². The predicted molar refractivity (Wildman–Crippen MR) is 524 cm³/mol. The average Bonchev–Trinajstić information content (AvgIpc) is 0.905. The minimum atomic E-state index is -0.429. The third-order valence-corrected chi connectivity index (χ3v) is 26.0. The fourth-order valence-electron chi connectivity index (χ4n) is 19.5. The highest BCUT2D eigenvalue weighted by atomic mass is 15.2. The molecule has 0 bridgehead atoms. The summed E-state index contributed by atoms with van der Waals surface area (Å²) in [5, 5.41) is 5.78. The first-order chi connectivity index (χ1) is 60.3. The largest absolute Gasteiger partial charge is 0.311 e. The van der Waals surface area contributed by atoms with Crippen LogP contribution in [0.4, 0.5) is 34.1 Å². The minimum absolute atomic E-state index is 0.0938. The lowest BCUT2D eigenvalue weighted by Crippen LogP contribution is -2.61. The zero-order chi connectivity index (χ0) is 87.3. The lowest BCUT2D eigenvalue weighted by Gasteiger charge is -2.45. The molecule has 0 atom stereocenters. The Hall–Kier alpha value is -13.4. The Balaban J connectivity index is 0.955. The molecule has 0 spiro atoms. The van der Waals surface area contributed by atoms with Gasteiger partial charge in [-0.1, -0.05) is 328 Å². The molecule has 19 aromatic rings. The van der Waals surface area contributed by atoms with Crippen LogP contribution in [0.25, 0.3) is 138 Å². The van der Waals surface area contributed by atoms with Gasteiger partial charge in [0.15, 0.2) is 0 Å². The van der Waals surface area contributed by atoms with E-state index in [9.17, 15) is 5.48 Å². The van der Waals surface area contributed by atoms with Crippen molar-refractivity contribution in [1.82, 2.24) is 13.7 Å². The van der Waals surface area contributed by atoms with E-state index in [0.717, 1.165) is 162 Å². The Bertz CT molecular complexity index is 7440. The van der Waals surface area contributed by atoms with E-state index in [2.05, 4.69) is 449 Å². The number of nitrogens with zero attached hydrogens (tertiary/aromatic N) is 5. The summed E-state index contributed by atoms with van der Waals surface area (Å²) in [4.78, 5) is 5.26. The second-order valence-electron chi connectivity index (χ2n) is 39.1. The van der Waals surface area contributed by atoms with Crippen molar-refractivity contribution in [2.45, 2.75) is 131 Å². The number of fused-ring (bicyclic) bond motifs is 13. The first-order valence-electron chi connectivity index (χ1n) is 45.2. The van der Waals surface area contributed by atoms with Gasteiger partial charge in [0, 0.05) is 83.3 Å². The predicted octanol–water partition coefficient (Wildman–Crippen LogP) is 29.9. The van der Waals surface area contributed by atoms with E-state index >= 15 is 0 Å². The molecule has 122 heavy (non-hydrogen) atoms. The summed E-state index contributed by atoms with van der Waals surface area (Å²) >= 11 is 0. The minimum Gasteiger partial charge on any atom is -0.311 e. The van der Waals surface area contributed by atoms with E-state index in [1.807, 2.05) is 0 Å². The van der Waals surface area contributed by atoms with Crippen molar-refractivity contribution in [3.8, 4) is 72.7 Å². The molecule has 2 aliphatic rings. The molecule has 5 heterocycles. The van der Waals surface area contributed by atoms with Gasteiger partial charge in [-0.05, 0) is 237 Å². The lowest BCUT2D eigenvalue weighted by atomic mass is 9.33. The molecular weight excluding hydrogens is 1470 g/mol. The van der Waals surface area contributed by atoms with Crippen molar-refractivity contribution in [1.29, 1.82) is 0 Å². The summed E-state index contributed by atoms with van der Waals surface area (Å²) in [6.07, 6.45) is 0. The first kappa shape index (κ1) is 71.5. The average molecular weight is 1580 g/mol. The van der Waals surface area contributed by atoms with Gasteiger partial charge in [0.1, 0.15) is 0 Å². The summed E-state index contributed by atoms with van der Waals surface area (Å²) in [7, 11) is 0. The number of para-hydroxylation sites is 3. The number of aromatic nitrogens is 3. The molecule has 5 nitrogen and oxygen atoms in total. The van der Waals surface area contributed by atoms with Crippen molar-refractivity contribution in [2.24, 2.45) is 0 Å². The molecule has 2 aliphatic heterocycles. The van der Waals surface area contributed by atoms with E-state index in [0.29, 0.717) is 16.3 Å². The van der Waals surface area contributed by atoms with Crippen LogP contribution in [0.2, 0.25) is 0 Å². The summed E-state index contributed by atoms with van der Waals surface area (Å²) in [5.41, 5.74) is 33.5. The summed E-state index contributed by atoms with van der Waals surface area (Å²) < 4.78 is 46.7. The molecular formula is C116H102BN5. The van der Waals surface area contributed by atoms with E-state index in [1.54, 1.807) is 0 Å². The van der Waals surface area contributed by atoms with Crippen LogP contribution in [0, 0.1) is 0 Å². The van der Waals surface area contributed by atoms with Crippen LogP contribution in [0.1, 0.15) is 137 Å². The molecule has 6 heteroatoms. The molecule has 3 aromatic heterocycles. The molecule has 0 aliphatic carbocycles. The first-order valence-corrected chi connectivity index (χ1v) is 43.2. The van der Waals surface area contributed by atoms with E-state index in [4.69, 9.17) is 0 Å². The molecule has 21 rings (SSSR count). The Labute approximate surface area is 724 Å². The van der Waals surface area contributed by atoms with Crippen LogP contribution in [-0.4, -0.2) is 20.4 Å². The van der Waals surface area contributed by atoms with Gasteiger partial charge in [0.25, 0.3) is 6.71 Å². The van der Waals surface area contributed by atoms with Gasteiger partial charge in [-0.15, -0.1) is 0 Å². The normalized spacial score (nSPS) is 13.6. The maximum Gasteiger partial charge on any atom is 0.252 e. The monoisotopic (exact) mass is 1580 g/mol. The van der Waals surface area contributed by atoms with Gasteiger partial charge in [-0.25, -0.2) is 0 Å².